The van der Waals surface area contributed by atoms with Crippen LogP contribution >= 0.6 is 0 Å². The summed E-state index contributed by atoms with van der Waals surface area (Å²) in [6, 6.07) is 9.76. The highest BCUT2D eigenvalue weighted by Crippen LogP contribution is 2.14. The Balaban J connectivity index is 1.70. The first-order valence-electron chi connectivity index (χ1n) is 7.64. The Morgan fingerprint density at radius 2 is 2.08 bits per heavy atom. The number of hydrogen-bond acceptors (Lipinski definition) is 8. The highest BCUT2D eigenvalue weighted by molar-refractivity contribution is 5.98. The molecule has 1 aromatic carbocycles. The molecule has 132 valence electrons. The van der Waals surface area contributed by atoms with Gasteiger partial charge in [0.15, 0.2) is 5.69 Å². The molecule has 2 aromatic heterocycles. The Bertz CT molecular complexity index is 971. The van der Waals surface area contributed by atoms with E-state index in [0.717, 1.165) is 5.56 Å². The van der Waals surface area contributed by atoms with Gasteiger partial charge in [-0.3, -0.25) is 4.79 Å². The van der Waals surface area contributed by atoms with Gasteiger partial charge in [0, 0.05) is 0 Å². The zero-order valence-electron chi connectivity index (χ0n) is 14.1. The second-order valence-corrected chi connectivity index (χ2v) is 5.35. The molecule has 0 fully saturated rings. The van der Waals surface area contributed by atoms with Gasteiger partial charge in [0.2, 0.25) is 11.6 Å². The van der Waals surface area contributed by atoms with Gasteiger partial charge in [-0.25, -0.2) is 10.1 Å². The lowest BCUT2D eigenvalue weighted by Gasteiger charge is -2.00. The minimum absolute atomic E-state index is 0.0462. The van der Waals surface area contributed by atoms with Gasteiger partial charge in [0.1, 0.15) is 0 Å². The first kappa shape index (κ1) is 17.0. The number of carbonyl (C=O) groups excluding carboxylic acids is 1. The van der Waals surface area contributed by atoms with E-state index in [-0.39, 0.29) is 17.3 Å². The van der Waals surface area contributed by atoms with Gasteiger partial charge in [0.25, 0.3) is 5.91 Å². The molecule has 0 unspecified atom stereocenters. The van der Waals surface area contributed by atoms with Crippen LogP contribution in [0.1, 0.15) is 28.7 Å². The number of carbonyl (C=O) groups is 1. The molecule has 1 amide bonds. The lowest BCUT2D eigenvalue weighted by molar-refractivity contribution is 0.0949. The number of rotatable bonds is 5. The second kappa shape index (κ2) is 7.38. The maximum Gasteiger partial charge on any atom is 0.293 e. The van der Waals surface area contributed by atoms with E-state index in [0.29, 0.717) is 11.4 Å². The summed E-state index contributed by atoms with van der Waals surface area (Å²) >= 11 is 0. The molecule has 0 saturated carbocycles. The summed E-state index contributed by atoms with van der Waals surface area (Å²) in [5.41, 5.74) is 10.2. The van der Waals surface area contributed by atoms with Gasteiger partial charge in [-0.1, -0.05) is 41.6 Å². The maximum absolute atomic E-state index is 12.3. The van der Waals surface area contributed by atoms with Crippen LogP contribution in [0.15, 0.2) is 46.1 Å². The summed E-state index contributed by atoms with van der Waals surface area (Å²) in [7, 11) is 0. The van der Waals surface area contributed by atoms with Crippen LogP contribution in [0.4, 0.5) is 5.82 Å². The van der Waals surface area contributed by atoms with Gasteiger partial charge in [0.05, 0.1) is 11.4 Å². The smallest absolute Gasteiger partial charge is 0.293 e. The topological polar surface area (TPSA) is 137 Å². The molecule has 3 N–H and O–H groups in total. The standard InChI is InChI=1S/C16H16N8O2/c1-10(8-9-12-6-4-3-5-7-12)18-20-16(25)13-11(2)24(23-19-13)15-14(17)21-26-22-15/h3-9H,1-2H3,(H2,17,21)(H,20,25)/b9-8+,18-10+. The zero-order chi connectivity index (χ0) is 18.5. The molecule has 10 heteroatoms. The number of nitrogens with one attached hydrogen (secondary N) is 1. The van der Waals surface area contributed by atoms with Gasteiger partial charge in [-0.2, -0.15) is 9.78 Å². The van der Waals surface area contributed by atoms with Gasteiger partial charge >= 0.3 is 0 Å². The summed E-state index contributed by atoms with van der Waals surface area (Å²) in [5, 5.41) is 18.8. The minimum Gasteiger partial charge on any atom is -0.378 e. The molecular formula is C16H16N8O2. The van der Waals surface area contributed by atoms with Crippen molar-refractivity contribution in [3.05, 3.63) is 53.4 Å². The van der Waals surface area contributed by atoms with Crippen molar-refractivity contribution in [2.75, 3.05) is 5.73 Å². The Kier molecular flexibility index (Phi) is 4.83. The van der Waals surface area contributed by atoms with E-state index in [9.17, 15) is 4.79 Å². The molecule has 0 atom stereocenters. The van der Waals surface area contributed by atoms with E-state index >= 15 is 0 Å². The van der Waals surface area contributed by atoms with Gasteiger partial charge in [-0.15, -0.1) is 5.10 Å². The normalized spacial score (nSPS) is 11.8. The first-order chi connectivity index (χ1) is 12.6. The van der Waals surface area contributed by atoms with E-state index in [2.05, 4.69) is 35.8 Å². The molecule has 0 aliphatic rings. The van der Waals surface area contributed by atoms with Crippen molar-refractivity contribution in [2.45, 2.75) is 13.8 Å². The van der Waals surface area contributed by atoms with Crippen molar-refractivity contribution in [1.82, 2.24) is 30.7 Å². The Morgan fingerprint density at radius 1 is 1.31 bits per heavy atom. The predicted octanol–water partition coefficient (Wildman–Crippen LogP) is 1.36. The minimum atomic E-state index is -0.503. The molecule has 0 bridgehead atoms. The van der Waals surface area contributed by atoms with E-state index in [4.69, 9.17) is 5.73 Å². The van der Waals surface area contributed by atoms with Gasteiger partial charge < -0.3 is 5.73 Å². The van der Waals surface area contributed by atoms with Crippen molar-refractivity contribution >= 4 is 23.5 Å². The molecule has 26 heavy (non-hydrogen) atoms. The fourth-order valence-electron chi connectivity index (χ4n) is 2.09. The first-order valence-corrected chi connectivity index (χ1v) is 7.64. The third-order valence-electron chi connectivity index (χ3n) is 3.46. The monoisotopic (exact) mass is 352 g/mol. The molecule has 0 aliphatic heterocycles. The number of nitrogen functional groups attached to an aromatic ring is 1. The number of amides is 1. The van der Waals surface area contributed by atoms with Crippen LogP contribution in [0.25, 0.3) is 11.9 Å². The molecule has 0 saturated heterocycles. The Hall–Kier alpha value is -3.82. The van der Waals surface area contributed by atoms with Crippen LogP contribution in [0.3, 0.4) is 0 Å². The summed E-state index contributed by atoms with van der Waals surface area (Å²) in [4.78, 5) is 12.3. The summed E-state index contributed by atoms with van der Waals surface area (Å²) in [6.45, 7) is 3.42. The molecule has 10 nitrogen and oxygen atoms in total. The molecule has 3 rings (SSSR count). The summed E-state index contributed by atoms with van der Waals surface area (Å²) < 4.78 is 5.79. The number of allylic oxidation sites excluding steroid dienone is 1. The van der Waals surface area contributed by atoms with Crippen LogP contribution in [-0.2, 0) is 0 Å². The van der Waals surface area contributed by atoms with Crippen molar-refractivity contribution in [3.8, 4) is 5.82 Å². The van der Waals surface area contributed by atoms with E-state index in [1.807, 2.05) is 36.4 Å². The third-order valence-corrected chi connectivity index (χ3v) is 3.46. The zero-order valence-corrected chi connectivity index (χ0v) is 14.1. The third kappa shape index (κ3) is 3.64. The fraction of sp³-hybridized carbons (Fsp3) is 0.125. The van der Waals surface area contributed by atoms with Crippen molar-refractivity contribution < 1.29 is 9.42 Å². The van der Waals surface area contributed by atoms with Crippen LogP contribution in [0.5, 0.6) is 0 Å². The van der Waals surface area contributed by atoms with E-state index < -0.39 is 5.91 Å². The number of benzene rings is 1. The number of nitrogens with zero attached hydrogens (tertiary/aromatic N) is 6. The average molecular weight is 352 g/mol. The van der Waals surface area contributed by atoms with Crippen molar-refractivity contribution in [1.29, 1.82) is 0 Å². The van der Waals surface area contributed by atoms with Crippen LogP contribution in [-0.4, -0.2) is 36.9 Å². The number of hydrazone groups is 1. The average Bonchev–Trinajstić information content (AvgIpc) is 3.24. The second-order valence-electron chi connectivity index (χ2n) is 5.35. The lowest BCUT2D eigenvalue weighted by atomic mass is 10.2. The number of anilines is 1. The molecule has 3 aromatic rings. The highest BCUT2D eigenvalue weighted by atomic mass is 16.6. The van der Waals surface area contributed by atoms with Crippen LogP contribution < -0.4 is 11.2 Å². The van der Waals surface area contributed by atoms with Crippen LogP contribution in [0.2, 0.25) is 0 Å². The summed E-state index contributed by atoms with van der Waals surface area (Å²) in [5.74, 6) is -0.291. The molecule has 0 spiro atoms. The predicted molar refractivity (Wildman–Crippen MR) is 94.4 cm³/mol. The number of hydrogen-bond donors (Lipinski definition) is 2. The Labute approximate surface area is 148 Å². The fourth-order valence-corrected chi connectivity index (χ4v) is 2.09. The van der Waals surface area contributed by atoms with Crippen molar-refractivity contribution in [3.63, 3.8) is 0 Å². The summed E-state index contributed by atoms with van der Waals surface area (Å²) in [6.07, 6.45) is 3.69. The van der Waals surface area contributed by atoms with Crippen molar-refractivity contribution in [2.24, 2.45) is 5.10 Å². The number of aromatic nitrogens is 5. The molecule has 2 heterocycles. The van der Waals surface area contributed by atoms with Gasteiger partial charge in [-0.05, 0) is 35.8 Å². The largest absolute Gasteiger partial charge is 0.378 e. The van der Waals surface area contributed by atoms with E-state index in [1.54, 1.807) is 19.9 Å². The SMILES string of the molecule is CC(/C=C/c1ccccc1)=N\NC(=O)c1nnn(-c2nonc2N)c1C. The molecule has 0 radical (unpaired) electrons. The Morgan fingerprint density at radius 3 is 2.77 bits per heavy atom. The van der Waals surface area contributed by atoms with E-state index in [1.165, 1.54) is 4.68 Å². The molecule has 0 aliphatic carbocycles. The quantitative estimate of drug-likeness (QED) is 0.522. The highest BCUT2D eigenvalue weighted by Gasteiger charge is 2.20. The lowest BCUT2D eigenvalue weighted by Crippen LogP contribution is -2.20. The van der Waals surface area contributed by atoms with Crippen LogP contribution in [0, 0.1) is 6.92 Å². The molecular weight excluding hydrogens is 336 g/mol. The number of nitrogens with two attached hydrogens (primary N) is 1. The maximum atomic E-state index is 12.3.